The summed E-state index contributed by atoms with van der Waals surface area (Å²) in [5.74, 6) is 17.8. The van der Waals surface area contributed by atoms with Crippen LogP contribution in [0.5, 0.6) is 11.5 Å². The first kappa shape index (κ1) is 53.2. The first-order valence-electron chi connectivity index (χ1n) is 25.0. The number of hydrogen-bond donors (Lipinski definition) is 0. The molecule has 5 aliphatic rings. The summed E-state index contributed by atoms with van der Waals surface area (Å²) in [6.07, 6.45) is 6.82. The second-order valence-electron chi connectivity index (χ2n) is 17.6. The van der Waals surface area contributed by atoms with Gasteiger partial charge in [-0.25, -0.2) is 4.79 Å². The minimum Gasteiger partial charge on any atom is -0.496 e. The van der Waals surface area contributed by atoms with Gasteiger partial charge in [0.2, 0.25) is 0 Å². The van der Waals surface area contributed by atoms with E-state index in [0.29, 0.717) is 49.1 Å². The molecule has 4 saturated heterocycles. The van der Waals surface area contributed by atoms with Crippen LogP contribution in [-0.4, -0.2) is 122 Å². The van der Waals surface area contributed by atoms with Gasteiger partial charge in [-0.05, 0) is 91.6 Å². The van der Waals surface area contributed by atoms with Gasteiger partial charge in [0.25, 0.3) is 0 Å². The van der Waals surface area contributed by atoms with Gasteiger partial charge in [-0.1, -0.05) is 73.9 Å². The summed E-state index contributed by atoms with van der Waals surface area (Å²) < 4.78 is 27.3. The second-order valence-corrected chi connectivity index (χ2v) is 29.1. The Morgan fingerprint density at radius 1 is 0.500 bits per heavy atom. The number of esters is 1. The quantitative estimate of drug-likeness (QED) is 0.105. The lowest BCUT2D eigenvalue weighted by Crippen LogP contribution is -2.26. The number of fused-ring (bicyclic) bond motifs is 2. The number of methoxy groups -OCH3 is 2. The second kappa shape index (κ2) is 29.0. The summed E-state index contributed by atoms with van der Waals surface area (Å²) in [5, 5.41) is 5.30. The molecule has 0 spiro atoms. The van der Waals surface area contributed by atoms with E-state index in [1.165, 1.54) is 121 Å². The minimum absolute atomic E-state index is 0.276. The Kier molecular flexibility index (Phi) is 22.0. The fourth-order valence-corrected chi connectivity index (χ4v) is 21.4. The monoisotopic (exact) mass is 1060 g/mol. The van der Waals surface area contributed by atoms with E-state index in [1.54, 1.807) is 12.0 Å². The number of thioether (sulfide) groups is 2. The lowest BCUT2D eigenvalue weighted by molar-refractivity contribution is 0.0600. The number of carbonyl (C=O) groups is 1. The molecule has 372 valence electrons. The first-order valence-corrected chi connectivity index (χ1v) is 33.6. The van der Waals surface area contributed by atoms with Crippen LogP contribution in [0.25, 0.3) is 21.5 Å². The van der Waals surface area contributed by atoms with E-state index in [1.807, 2.05) is 24.3 Å². The molecule has 0 atom stereocenters. The van der Waals surface area contributed by atoms with Gasteiger partial charge in [0.15, 0.2) is 19.6 Å². The molecule has 70 heavy (non-hydrogen) atoms. The Morgan fingerprint density at radius 3 is 1.51 bits per heavy atom. The van der Waals surface area contributed by atoms with Crippen LogP contribution in [0.15, 0.2) is 147 Å². The van der Waals surface area contributed by atoms with Gasteiger partial charge in [0.05, 0.1) is 52.8 Å². The van der Waals surface area contributed by atoms with Crippen molar-refractivity contribution in [1.82, 2.24) is 0 Å². The van der Waals surface area contributed by atoms with Crippen molar-refractivity contribution in [3.63, 3.8) is 0 Å². The molecule has 6 nitrogen and oxygen atoms in total. The van der Waals surface area contributed by atoms with E-state index in [9.17, 15) is 4.79 Å². The van der Waals surface area contributed by atoms with Crippen molar-refractivity contribution in [2.24, 2.45) is 5.92 Å². The van der Waals surface area contributed by atoms with Crippen molar-refractivity contribution in [2.45, 2.75) is 51.7 Å². The molecule has 0 unspecified atom stereocenters. The molecule has 1 aliphatic carbocycles. The fourth-order valence-electron chi connectivity index (χ4n) is 9.37. The molecule has 4 aliphatic heterocycles. The van der Waals surface area contributed by atoms with Crippen LogP contribution in [-0.2, 0) is 57.8 Å². The number of carbonyl (C=O) groups excluding carboxylic acids is 1. The fraction of sp³-hybridized carbons (Fsp3) is 0.431. The normalized spacial score (nSPS) is 18.5. The van der Waals surface area contributed by atoms with Crippen molar-refractivity contribution >= 4 is 94.6 Å². The maximum Gasteiger partial charge on any atom is 0.337 e. The van der Waals surface area contributed by atoms with Gasteiger partial charge in [-0.3, -0.25) is 0 Å². The van der Waals surface area contributed by atoms with E-state index in [0.717, 1.165) is 73.5 Å². The van der Waals surface area contributed by atoms with Crippen LogP contribution in [0, 0.1) is 5.92 Å². The summed E-state index contributed by atoms with van der Waals surface area (Å²) in [6.45, 7) is 4.38. The predicted octanol–water partition coefficient (Wildman–Crippen LogP) is 12.3. The molecule has 4 heterocycles. The highest BCUT2D eigenvalue weighted by molar-refractivity contribution is 8.05. The largest absolute Gasteiger partial charge is 0.496 e. The molecular formula is C58H72O6S6+4. The van der Waals surface area contributed by atoms with Crippen LogP contribution in [0.2, 0.25) is 0 Å². The Balaban J connectivity index is 0.000000129. The van der Waals surface area contributed by atoms with Crippen molar-refractivity contribution in [3.05, 3.63) is 133 Å². The van der Waals surface area contributed by atoms with Crippen molar-refractivity contribution in [2.75, 3.05) is 116 Å². The van der Waals surface area contributed by atoms with Gasteiger partial charge in [0, 0.05) is 88.1 Å². The molecule has 0 bridgehead atoms. The molecule has 5 fully saturated rings. The highest BCUT2D eigenvalue weighted by Gasteiger charge is 2.30. The summed E-state index contributed by atoms with van der Waals surface area (Å²) in [6, 6.07) is 45.0. The third kappa shape index (κ3) is 15.2. The predicted molar refractivity (Wildman–Crippen MR) is 308 cm³/mol. The molecule has 1 saturated carbocycles. The van der Waals surface area contributed by atoms with Crippen molar-refractivity contribution < 1.29 is 28.5 Å². The molecule has 12 heteroatoms. The van der Waals surface area contributed by atoms with Crippen LogP contribution >= 0.6 is 23.5 Å². The maximum absolute atomic E-state index is 11.3. The highest BCUT2D eigenvalue weighted by Crippen LogP contribution is 2.36. The van der Waals surface area contributed by atoms with Crippen LogP contribution < -0.4 is 9.47 Å². The molecule has 11 rings (SSSR count). The lowest BCUT2D eigenvalue weighted by Gasteiger charge is -2.22. The molecule has 0 amide bonds. The van der Waals surface area contributed by atoms with Crippen molar-refractivity contribution in [3.8, 4) is 11.5 Å². The maximum atomic E-state index is 11.3. The highest BCUT2D eigenvalue weighted by atomic mass is 32.2. The van der Waals surface area contributed by atoms with Gasteiger partial charge in [-0.2, -0.15) is 23.5 Å². The standard InChI is InChI=1S/C21H27O2S.C15H17OS2.C12H15O3S.C10H13S2/c1-2-6-17(7-3-1)16-23-20-10-11-21(24-14-12-22-13-15-24)19-9-5-4-8-18(19)20;1-16-14-6-7-15(18-10-8-17-9-11-18)13-5-3-2-4-12(13)14;1-14-12(13)10-2-4-11(5-3-10)16-8-6-15-7-9-16;1-2-4-10(5-3-1)12-8-6-11-7-9-12/h4-5,8-11,17H,1-3,6-7,12-16H2;2-7H,8-11H2,1H3;2-5H,6-9H2,1H3;1-5H,6-9H2/q4*+1. The lowest BCUT2D eigenvalue weighted by atomic mass is 9.90. The third-order valence-electron chi connectivity index (χ3n) is 13.2. The summed E-state index contributed by atoms with van der Waals surface area (Å²) in [4.78, 5) is 17.2. The average molecular weight is 1060 g/mol. The smallest absolute Gasteiger partial charge is 0.337 e. The van der Waals surface area contributed by atoms with E-state index in [-0.39, 0.29) is 5.97 Å². The minimum atomic E-state index is -0.276. The summed E-state index contributed by atoms with van der Waals surface area (Å²) in [7, 11) is 4.76. The molecular weight excluding hydrogens is 985 g/mol. The molecule has 0 radical (unpaired) electrons. The zero-order chi connectivity index (χ0) is 48.2. The van der Waals surface area contributed by atoms with Gasteiger partial charge < -0.3 is 23.7 Å². The average Bonchev–Trinajstić information content (AvgIpc) is 3.46. The SMILES string of the molecule is COC(=O)c1ccc([S+]2CCOCC2)cc1.COc1ccc([S+]2CCSCC2)c2ccccc12.c1ccc([S+]2CCSCC2)cc1.c1ccc2c([S+]3CCOCC3)ccc(OCC3CCCCC3)c2c1. The van der Waals surface area contributed by atoms with E-state index < -0.39 is 0 Å². The zero-order valence-electron chi connectivity index (χ0n) is 41.2. The molecule has 6 aromatic rings. The van der Waals surface area contributed by atoms with E-state index in [4.69, 9.17) is 18.9 Å². The number of benzene rings is 6. The number of rotatable bonds is 9. The third-order valence-corrected chi connectivity index (χ3v) is 25.5. The molecule has 6 aromatic carbocycles. The van der Waals surface area contributed by atoms with Gasteiger partial charge >= 0.3 is 5.97 Å². The Labute approximate surface area is 438 Å². The van der Waals surface area contributed by atoms with Gasteiger partial charge in [-0.15, -0.1) is 0 Å². The van der Waals surface area contributed by atoms with Crippen LogP contribution in [0.1, 0.15) is 42.5 Å². The summed E-state index contributed by atoms with van der Waals surface area (Å²) >= 11 is 4.19. The van der Waals surface area contributed by atoms with Crippen LogP contribution in [0.4, 0.5) is 0 Å². The Hall–Kier alpha value is -3.07. The topological polar surface area (TPSA) is 63.2 Å². The van der Waals surface area contributed by atoms with E-state index in [2.05, 4.69) is 131 Å². The summed E-state index contributed by atoms with van der Waals surface area (Å²) in [5.41, 5.74) is 0.614. The first-order chi connectivity index (χ1) is 34.6. The van der Waals surface area contributed by atoms with Crippen LogP contribution in [0.3, 0.4) is 0 Å². The zero-order valence-corrected chi connectivity index (χ0v) is 46.1. The van der Waals surface area contributed by atoms with Gasteiger partial charge in [0.1, 0.15) is 57.5 Å². The van der Waals surface area contributed by atoms with Crippen molar-refractivity contribution in [1.29, 1.82) is 0 Å². The molecule has 0 N–H and O–H groups in total. The Bertz CT molecular complexity index is 2480. The molecule has 0 aromatic heterocycles. The number of ether oxygens (including phenoxy) is 5. The van der Waals surface area contributed by atoms with E-state index >= 15 is 0 Å². The number of hydrogen-bond acceptors (Lipinski definition) is 8. The Morgan fingerprint density at radius 2 is 0.957 bits per heavy atom.